The Morgan fingerprint density at radius 1 is 1.13 bits per heavy atom. The average molecular weight is 230 g/mol. The lowest BCUT2D eigenvalue weighted by Crippen LogP contribution is -2.47. The van der Waals surface area contributed by atoms with E-state index >= 15 is 0 Å². The highest BCUT2D eigenvalue weighted by Crippen LogP contribution is 2.38. The van der Waals surface area contributed by atoms with Crippen molar-refractivity contribution in [3.63, 3.8) is 0 Å². The Hall–Kier alpha value is -0.810. The molecule has 0 saturated carbocycles. The van der Waals surface area contributed by atoms with Crippen molar-refractivity contribution in [1.29, 1.82) is 0 Å². The fourth-order valence-corrected chi connectivity index (χ4v) is 1.09. The Balaban J connectivity index is 4.22. The zero-order valence-corrected chi connectivity index (χ0v) is 8.40. The van der Waals surface area contributed by atoms with Gasteiger partial charge in [0.1, 0.15) is 0 Å². The second kappa shape index (κ2) is 5.32. The molecule has 0 rings (SSSR count). The van der Waals surface area contributed by atoms with Crippen LogP contribution in [0.15, 0.2) is 0 Å². The van der Waals surface area contributed by atoms with Gasteiger partial charge in [0.05, 0.1) is 0 Å². The highest BCUT2D eigenvalue weighted by Gasteiger charge is 2.61. The van der Waals surface area contributed by atoms with Crippen molar-refractivity contribution in [3.8, 4) is 0 Å². The minimum Gasteiger partial charge on any atom is -0.477 e. The summed E-state index contributed by atoms with van der Waals surface area (Å²) in [6, 6.07) is 0. The summed E-state index contributed by atoms with van der Waals surface area (Å²) in [4.78, 5) is 9.93. The van der Waals surface area contributed by atoms with Crippen LogP contribution < -0.4 is 0 Å². The van der Waals surface area contributed by atoms with E-state index in [0.717, 1.165) is 6.42 Å². The average Bonchev–Trinajstić information content (AvgIpc) is 2.12. The van der Waals surface area contributed by atoms with Gasteiger partial charge in [0.2, 0.25) is 0 Å². The first-order valence-electron chi connectivity index (χ1n) is 4.74. The summed E-state index contributed by atoms with van der Waals surface area (Å²) in [6.07, 6.45) is 0.688. The number of halogens is 4. The standard InChI is InChI=1S/C9H14F4O2/c1-2-3-4-5-6-8(10,11)9(12,13)7(14)15/h2-6H2,1H3,(H,14,15). The van der Waals surface area contributed by atoms with Gasteiger partial charge in [-0.15, -0.1) is 0 Å². The second-order valence-corrected chi connectivity index (χ2v) is 3.39. The highest BCUT2D eigenvalue weighted by atomic mass is 19.3. The summed E-state index contributed by atoms with van der Waals surface area (Å²) < 4.78 is 50.5. The second-order valence-electron chi connectivity index (χ2n) is 3.39. The van der Waals surface area contributed by atoms with Gasteiger partial charge < -0.3 is 5.11 Å². The molecule has 2 nitrogen and oxygen atoms in total. The van der Waals surface area contributed by atoms with E-state index in [1.165, 1.54) is 0 Å². The normalized spacial score (nSPS) is 12.9. The van der Waals surface area contributed by atoms with Gasteiger partial charge in [0.25, 0.3) is 0 Å². The molecule has 0 bridgehead atoms. The Bertz CT molecular complexity index is 216. The van der Waals surface area contributed by atoms with E-state index < -0.39 is 24.2 Å². The van der Waals surface area contributed by atoms with Crippen LogP contribution in [-0.4, -0.2) is 22.9 Å². The number of hydrogen-bond acceptors (Lipinski definition) is 1. The van der Waals surface area contributed by atoms with Gasteiger partial charge in [-0.05, 0) is 6.42 Å². The topological polar surface area (TPSA) is 37.3 Å². The number of carbonyl (C=O) groups is 1. The lowest BCUT2D eigenvalue weighted by Gasteiger charge is -2.22. The molecule has 0 heterocycles. The third-order valence-electron chi connectivity index (χ3n) is 2.07. The van der Waals surface area contributed by atoms with Crippen LogP contribution in [0.2, 0.25) is 0 Å². The highest BCUT2D eigenvalue weighted by molar-refractivity contribution is 5.76. The summed E-state index contributed by atoms with van der Waals surface area (Å²) in [5.74, 6) is -12.2. The Kier molecular flexibility index (Phi) is 5.03. The van der Waals surface area contributed by atoms with E-state index in [9.17, 15) is 22.4 Å². The lowest BCUT2D eigenvalue weighted by atomic mass is 10.0. The van der Waals surface area contributed by atoms with Crippen LogP contribution >= 0.6 is 0 Å². The smallest absolute Gasteiger partial charge is 0.404 e. The van der Waals surface area contributed by atoms with E-state index in [4.69, 9.17) is 5.11 Å². The molecule has 0 aliphatic rings. The molecule has 0 radical (unpaired) electrons. The van der Waals surface area contributed by atoms with E-state index in [1.54, 1.807) is 0 Å². The zero-order chi connectivity index (χ0) is 12.1. The predicted octanol–water partition coefficient (Wildman–Crippen LogP) is 3.31. The van der Waals surface area contributed by atoms with Gasteiger partial charge in [0.15, 0.2) is 0 Å². The maximum atomic E-state index is 12.7. The number of aliphatic carboxylic acids is 1. The molecule has 90 valence electrons. The van der Waals surface area contributed by atoms with Crippen LogP contribution in [0, 0.1) is 0 Å². The van der Waals surface area contributed by atoms with Crippen molar-refractivity contribution >= 4 is 5.97 Å². The van der Waals surface area contributed by atoms with Crippen molar-refractivity contribution < 1.29 is 27.5 Å². The quantitative estimate of drug-likeness (QED) is 0.538. The Morgan fingerprint density at radius 2 is 1.67 bits per heavy atom. The van der Waals surface area contributed by atoms with Gasteiger partial charge in [-0.25, -0.2) is 4.79 Å². The third-order valence-corrected chi connectivity index (χ3v) is 2.07. The summed E-state index contributed by atoms with van der Waals surface area (Å²) in [7, 11) is 0. The van der Waals surface area contributed by atoms with Gasteiger partial charge in [-0.1, -0.05) is 26.2 Å². The van der Waals surface area contributed by atoms with Gasteiger partial charge in [0, 0.05) is 6.42 Å². The Labute approximate surface area is 85.3 Å². The van der Waals surface area contributed by atoms with Gasteiger partial charge in [-0.2, -0.15) is 17.6 Å². The maximum absolute atomic E-state index is 12.7. The number of hydrogen-bond donors (Lipinski definition) is 1. The van der Waals surface area contributed by atoms with Gasteiger partial charge in [-0.3, -0.25) is 0 Å². The maximum Gasteiger partial charge on any atom is 0.404 e. The summed E-state index contributed by atoms with van der Waals surface area (Å²) in [5.41, 5.74) is 0. The first kappa shape index (κ1) is 14.2. The summed E-state index contributed by atoms with van der Waals surface area (Å²) in [5, 5.41) is 7.95. The molecule has 6 heteroatoms. The molecule has 0 atom stereocenters. The molecule has 0 amide bonds. The molecule has 0 aromatic rings. The van der Waals surface area contributed by atoms with Crippen molar-refractivity contribution in [2.24, 2.45) is 0 Å². The molecular weight excluding hydrogens is 216 g/mol. The van der Waals surface area contributed by atoms with Crippen LogP contribution in [0.4, 0.5) is 17.6 Å². The van der Waals surface area contributed by atoms with E-state index in [1.807, 2.05) is 6.92 Å². The van der Waals surface area contributed by atoms with Crippen LogP contribution in [0.25, 0.3) is 0 Å². The molecule has 0 saturated heterocycles. The molecular formula is C9H14F4O2. The van der Waals surface area contributed by atoms with Crippen LogP contribution in [0.1, 0.15) is 39.0 Å². The van der Waals surface area contributed by atoms with Crippen LogP contribution in [0.3, 0.4) is 0 Å². The minimum absolute atomic E-state index is 0.0935. The van der Waals surface area contributed by atoms with Crippen LogP contribution in [-0.2, 0) is 4.79 Å². The molecule has 0 fully saturated rings. The molecule has 15 heavy (non-hydrogen) atoms. The van der Waals surface area contributed by atoms with Crippen molar-refractivity contribution in [1.82, 2.24) is 0 Å². The minimum atomic E-state index is -4.97. The summed E-state index contributed by atoms with van der Waals surface area (Å²) >= 11 is 0. The van der Waals surface area contributed by atoms with Gasteiger partial charge >= 0.3 is 17.8 Å². The molecule has 0 aromatic carbocycles. The number of alkyl halides is 4. The van der Waals surface area contributed by atoms with Crippen molar-refractivity contribution in [3.05, 3.63) is 0 Å². The predicted molar refractivity (Wildman–Crippen MR) is 46.3 cm³/mol. The van der Waals surface area contributed by atoms with Crippen molar-refractivity contribution in [2.45, 2.75) is 50.9 Å². The van der Waals surface area contributed by atoms with E-state index in [2.05, 4.69) is 0 Å². The number of carboxylic acids is 1. The molecule has 0 unspecified atom stereocenters. The fraction of sp³-hybridized carbons (Fsp3) is 0.889. The van der Waals surface area contributed by atoms with E-state index in [0.29, 0.717) is 12.8 Å². The Morgan fingerprint density at radius 3 is 2.07 bits per heavy atom. The first-order valence-corrected chi connectivity index (χ1v) is 4.74. The third kappa shape index (κ3) is 3.68. The largest absolute Gasteiger partial charge is 0.477 e. The molecule has 0 aliphatic heterocycles. The fourth-order valence-electron chi connectivity index (χ4n) is 1.09. The number of carboxylic acid groups (broad SMARTS) is 1. The molecule has 0 aromatic heterocycles. The summed E-state index contributed by atoms with van der Waals surface area (Å²) in [6.45, 7) is 1.85. The number of rotatable bonds is 7. The molecule has 1 N–H and O–H groups in total. The van der Waals surface area contributed by atoms with Crippen LogP contribution in [0.5, 0.6) is 0 Å². The molecule has 0 spiro atoms. The lowest BCUT2D eigenvalue weighted by molar-refractivity contribution is -0.226. The number of unbranched alkanes of at least 4 members (excludes halogenated alkanes) is 3. The SMILES string of the molecule is CCCCCCC(F)(F)C(F)(F)C(=O)O. The first-order chi connectivity index (χ1) is 6.75. The monoisotopic (exact) mass is 230 g/mol. The van der Waals surface area contributed by atoms with E-state index in [-0.39, 0.29) is 6.42 Å². The zero-order valence-electron chi connectivity index (χ0n) is 8.40. The van der Waals surface area contributed by atoms with Crippen molar-refractivity contribution in [2.75, 3.05) is 0 Å². The molecule has 0 aliphatic carbocycles.